The van der Waals surface area contributed by atoms with Gasteiger partial charge in [-0.25, -0.2) is 0 Å². The van der Waals surface area contributed by atoms with E-state index in [4.69, 9.17) is 4.43 Å². The van der Waals surface area contributed by atoms with Crippen LogP contribution in [0.15, 0.2) is 42.0 Å². The third kappa shape index (κ3) is 7.17. The molecule has 3 heteroatoms. The molecule has 1 aromatic rings. The molecule has 0 spiro atoms. The quantitative estimate of drug-likeness (QED) is 0.378. The molecular formula is C25H42O2Si. The minimum absolute atomic E-state index is 0.282. The molecule has 28 heavy (non-hydrogen) atoms. The Labute approximate surface area is 174 Å². The number of benzene rings is 1. The Kier molecular flexibility index (Phi) is 8.54. The molecule has 0 radical (unpaired) electrons. The van der Waals surface area contributed by atoms with Crippen molar-refractivity contribution >= 4 is 8.32 Å². The fourth-order valence-corrected chi connectivity index (χ4v) is 5.24. The lowest BCUT2D eigenvalue weighted by Gasteiger charge is -2.41. The molecule has 1 unspecified atom stereocenters. The van der Waals surface area contributed by atoms with Crippen LogP contribution >= 0.6 is 0 Å². The van der Waals surface area contributed by atoms with Crippen molar-refractivity contribution < 1.29 is 9.53 Å². The Hall–Kier alpha value is -0.903. The number of aliphatic hydroxyl groups excluding tert-OH is 1. The van der Waals surface area contributed by atoms with Crippen LogP contribution in [0.2, 0.25) is 18.1 Å². The van der Waals surface area contributed by atoms with Crippen molar-refractivity contribution in [1.82, 2.24) is 0 Å². The first-order valence-electron chi connectivity index (χ1n) is 11.2. The molecule has 1 atom stereocenters. The lowest BCUT2D eigenvalue weighted by Crippen LogP contribution is -2.44. The van der Waals surface area contributed by atoms with Crippen LogP contribution in [0, 0.1) is 5.92 Å². The van der Waals surface area contributed by atoms with Gasteiger partial charge in [0.15, 0.2) is 8.32 Å². The monoisotopic (exact) mass is 402 g/mol. The summed E-state index contributed by atoms with van der Waals surface area (Å²) >= 11 is 0. The van der Waals surface area contributed by atoms with E-state index in [0.29, 0.717) is 12.0 Å². The van der Waals surface area contributed by atoms with Crippen LogP contribution in [0.25, 0.3) is 0 Å². The summed E-state index contributed by atoms with van der Waals surface area (Å²) in [7, 11) is -1.66. The maximum absolute atomic E-state index is 10.5. The van der Waals surface area contributed by atoms with Crippen LogP contribution in [0.3, 0.4) is 0 Å². The van der Waals surface area contributed by atoms with E-state index >= 15 is 0 Å². The summed E-state index contributed by atoms with van der Waals surface area (Å²) in [4.78, 5) is 0. The molecule has 1 fully saturated rings. The number of allylic oxidation sites excluding steroid dienone is 1. The van der Waals surface area contributed by atoms with Gasteiger partial charge in [0.05, 0.1) is 6.10 Å². The van der Waals surface area contributed by atoms with Gasteiger partial charge in [0.2, 0.25) is 0 Å². The summed E-state index contributed by atoms with van der Waals surface area (Å²) in [6.45, 7) is 13.8. The highest BCUT2D eigenvalue weighted by atomic mass is 28.4. The molecule has 1 aliphatic carbocycles. The van der Waals surface area contributed by atoms with Gasteiger partial charge in [-0.2, -0.15) is 0 Å². The van der Waals surface area contributed by atoms with Crippen molar-refractivity contribution in [3.63, 3.8) is 0 Å². The van der Waals surface area contributed by atoms with E-state index in [9.17, 15) is 5.11 Å². The molecule has 158 valence electrons. The lowest BCUT2D eigenvalue weighted by atomic mass is 9.85. The second-order valence-electron chi connectivity index (χ2n) is 10.2. The highest BCUT2D eigenvalue weighted by Gasteiger charge is 2.39. The van der Waals surface area contributed by atoms with Crippen molar-refractivity contribution in [2.75, 3.05) is 0 Å². The Morgan fingerprint density at radius 2 is 1.75 bits per heavy atom. The van der Waals surface area contributed by atoms with Gasteiger partial charge < -0.3 is 9.53 Å². The normalized spacial score (nSPS) is 22.9. The van der Waals surface area contributed by atoms with E-state index in [1.165, 1.54) is 18.4 Å². The van der Waals surface area contributed by atoms with Crippen molar-refractivity contribution in [3.8, 4) is 0 Å². The third-order valence-corrected chi connectivity index (χ3v) is 11.3. The van der Waals surface area contributed by atoms with Gasteiger partial charge in [-0.1, -0.05) is 57.2 Å². The summed E-state index contributed by atoms with van der Waals surface area (Å²) in [5.74, 6) is 0.600. The van der Waals surface area contributed by atoms with Crippen molar-refractivity contribution in [2.45, 2.75) is 103 Å². The van der Waals surface area contributed by atoms with E-state index < -0.39 is 8.32 Å². The molecule has 2 rings (SSSR count). The zero-order valence-corrected chi connectivity index (χ0v) is 20.0. The second kappa shape index (κ2) is 10.2. The first kappa shape index (κ1) is 23.4. The minimum atomic E-state index is -1.66. The molecule has 2 nitrogen and oxygen atoms in total. The first-order valence-corrected chi connectivity index (χ1v) is 14.1. The summed E-state index contributed by atoms with van der Waals surface area (Å²) in [5, 5.41) is 10.8. The number of hydrogen-bond acceptors (Lipinski definition) is 2. The zero-order chi connectivity index (χ0) is 20.8. The van der Waals surface area contributed by atoms with Gasteiger partial charge in [0.25, 0.3) is 0 Å². The molecular weight excluding hydrogens is 360 g/mol. The summed E-state index contributed by atoms with van der Waals surface area (Å²) < 4.78 is 6.61. The molecule has 1 N–H and O–H groups in total. The fourth-order valence-electron chi connectivity index (χ4n) is 3.82. The van der Waals surface area contributed by atoms with Gasteiger partial charge in [0.1, 0.15) is 0 Å². The average molecular weight is 403 g/mol. The van der Waals surface area contributed by atoms with Crippen LogP contribution < -0.4 is 0 Å². The molecule has 0 saturated heterocycles. The molecule has 1 aliphatic rings. The van der Waals surface area contributed by atoms with E-state index in [2.05, 4.69) is 77.2 Å². The highest BCUT2D eigenvalue weighted by Crippen LogP contribution is 2.40. The second-order valence-corrected chi connectivity index (χ2v) is 15.0. The SMILES string of the molecule is C/C(=C\C1CCC(O[Si](C)(C)C(C)(C)C)CC1)C(O)CCCc1ccccc1. The van der Waals surface area contributed by atoms with Crippen LogP contribution in [0.4, 0.5) is 0 Å². The van der Waals surface area contributed by atoms with Crippen LogP contribution in [-0.2, 0) is 10.8 Å². The maximum atomic E-state index is 10.5. The third-order valence-electron chi connectivity index (χ3n) is 6.80. The van der Waals surface area contributed by atoms with Crippen LogP contribution in [0.5, 0.6) is 0 Å². The molecule has 0 heterocycles. The van der Waals surface area contributed by atoms with Gasteiger partial charge in [-0.15, -0.1) is 0 Å². The van der Waals surface area contributed by atoms with E-state index in [1.54, 1.807) is 0 Å². The Morgan fingerprint density at radius 1 is 1.14 bits per heavy atom. The number of aryl methyl sites for hydroxylation is 1. The van der Waals surface area contributed by atoms with Gasteiger partial charge in [0, 0.05) is 6.10 Å². The van der Waals surface area contributed by atoms with Crippen molar-refractivity contribution in [1.29, 1.82) is 0 Å². The minimum Gasteiger partial charge on any atom is -0.414 e. The van der Waals surface area contributed by atoms with Gasteiger partial charge in [-0.3, -0.25) is 0 Å². The molecule has 1 aromatic carbocycles. The molecule has 0 bridgehead atoms. The zero-order valence-electron chi connectivity index (χ0n) is 19.0. The van der Waals surface area contributed by atoms with Crippen molar-refractivity contribution in [3.05, 3.63) is 47.5 Å². The molecule has 0 aliphatic heterocycles. The maximum Gasteiger partial charge on any atom is 0.192 e. The largest absolute Gasteiger partial charge is 0.414 e. The van der Waals surface area contributed by atoms with Crippen LogP contribution in [-0.4, -0.2) is 25.6 Å². The smallest absolute Gasteiger partial charge is 0.192 e. The van der Waals surface area contributed by atoms with Gasteiger partial charge >= 0.3 is 0 Å². The van der Waals surface area contributed by atoms with E-state index in [0.717, 1.165) is 37.7 Å². The molecule has 1 saturated carbocycles. The highest BCUT2D eigenvalue weighted by molar-refractivity contribution is 6.74. The number of hydrogen-bond donors (Lipinski definition) is 1. The molecule has 0 aromatic heterocycles. The lowest BCUT2D eigenvalue weighted by molar-refractivity contribution is 0.125. The predicted octanol–water partition coefficient (Wildman–Crippen LogP) is 6.90. The number of aliphatic hydroxyl groups is 1. The summed E-state index contributed by atoms with van der Waals surface area (Å²) in [5.41, 5.74) is 2.51. The van der Waals surface area contributed by atoms with Crippen molar-refractivity contribution in [2.24, 2.45) is 5.92 Å². The summed E-state index contributed by atoms with van der Waals surface area (Å²) in [6, 6.07) is 10.6. The van der Waals surface area contributed by atoms with Crippen LogP contribution in [0.1, 0.15) is 71.8 Å². The molecule has 0 amide bonds. The predicted molar refractivity (Wildman–Crippen MR) is 123 cm³/mol. The van der Waals surface area contributed by atoms with Gasteiger partial charge in [-0.05, 0) is 87.1 Å². The fraction of sp³-hybridized carbons (Fsp3) is 0.680. The van der Waals surface area contributed by atoms with E-state index in [-0.39, 0.29) is 11.1 Å². The standard InChI is InChI=1S/C25H42O2Si/c1-20(24(26)14-10-13-21-11-8-7-9-12-21)19-22-15-17-23(18-16-22)27-28(5,6)25(2,3)4/h7-9,11-12,19,22-24,26H,10,13-18H2,1-6H3/b20-19+. The first-order chi connectivity index (χ1) is 13.1. The Morgan fingerprint density at radius 3 is 2.32 bits per heavy atom. The topological polar surface area (TPSA) is 29.5 Å². The summed E-state index contributed by atoms with van der Waals surface area (Å²) in [6.07, 6.45) is 10.1. The Bertz CT molecular complexity index is 607. The number of rotatable bonds is 8. The average Bonchev–Trinajstić information content (AvgIpc) is 2.63. The Balaban J connectivity index is 1.75. The van der Waals surface area contributed by atoms with E-state index in [1.807, 2.05) is 0 Å².